The summed E-state index contributed by atoms with van der Waals surface area (Å²) >= 11 is 17.8. The van der Waals surface area contributed by atoms with Gasteiger partial charge in [-0.3, -0.25) is 9.59 Å². The zero-order valence-corrected chi connectivity index (χ0v) is 14.3. The molecule has 24 heavy (non-hydrogen) atoms. The third-order valence-corrected chi connectivity index (χ3v) is 4.58. The Bertz CT molecular complexity index is 979. The first kappa shape index (κ1) is 16.8. The lowest BCUT2D eigenvalue weighted by Gasteiger charge is -2.04. The molecule has 4 nitrogen and oxygen atoms in total. The first-order valence-corrected chi connectivity index (χ1v) is 8.02. The van der Waals surface area contributed by atoms with Gasteiger partial charge >= 0.3 is 5.97 Å². The smallest absolute Gasteiger partial charge is 0.307 e. The van der Waals surface area contributed by atoms with Crippen LogP contribution < -0.4 is 0 Å². The molecule has 0 radical (unpaired) electrons. The van der Waals surface area contributed by atoms with Crippen molar-refractivity contribution in [2.24, 2.45) is 0 Å². The number of carbonyl (C=O) groups is 2. The van der Waals surface area contributed by atoms with Crippen LogP contribution in [0.4, 0.5) is 0 Å². The van der Waals surface area contributed by atoms with Crippen molar-refractivity contribution in [1.29, 1.82) is 0 Å². The summed E-state index contributed by atoms with van der Waals surface area (Å²) in [6.07, 6.45) is -0.288. The Morgan fingerprint density at radius 3 is 2.42 bits per heavy atom. The monoisotopic (exact) mass is 381 g/mol. The quantitative estimate of drug-likeness (QED) is 0.625. The molecule has 0 saturated heterocycles. The van der Waals surface area contributed by atoms with Crippen LogP contribution in [0, 0.1) is 0 Å². The standard InChI is InChI=1S/C17H10Cl3NO3/c18-9-2-3-10-11(7-15(22)23)16(21-14(10)6-9)17(24)8-1-4-12(19)13(20)5-8/h1-6,21H,7H2,(H,22,23). The summed E-state index contributed by atoms with van der Waals surface area (Å²) in [5.41, 5.74) is 1.52. The van der Waals surface area contributed by atoms with Gasteiger partial charge in [-0.05, 0) is 30.3 Å². The molecule has 0 spiro atoms. The Balaban J connectivity index is 2.18. The van der Waals surface area contributed by atoms with E-state index in [0.29, 0.717) is 32.1 Å². The number of aliphatic carboxylic acids is 1. The van der Waals surface area contributed by atoms with Gasteiger partial charge < -0.3 is 10.1 Å². The number of rotatable bonds is 4. The molecule has 0 aliphatic carbocycles. The average Bonchev–Trinajstić information content (AvgIpc) is 2.86. The van der Waals surface area contributed by atoms with Gasteiger partial charge in [0.1, 0.15) is 0 Å². The van der Waals surface area contributed by atoms with E-state index in [1.807, 2.05) is 0 Å². The molecule has 2 N–H and O–H groups in total. The first-order chi connectivity index (χ1) is 11.4. The minimum atomic E-state index is -1.03. The van der Waals surface area contributed by atoms with Crippen molar-refractivity contribution in [2.45, 2.75) is 6.42 Å². The second kappa shape index (κ2) is 6.48. The van der Waals surface area contributed by atoms with Crippen LogP contribution in [0.5, 0.6) is 0 Å². The molecule has 7 heteroatoms. The Kier molecular flexibility index (Phi) is 4.54. The lowest BCUT2D eigenvalue weighted by molar-refractivity contribution is -0.136. The zero-order valence-electron chi connectivity index (χ0n) is 12.1. The summed E-state index contributed by atoms with van der Waals surface area (Å²) in [4.78, 5) is 27.0. The average molecular weight is 383 g/mol. The predicted octanol–water partition coefficient (Wildman–Crippen LogP) is 4.99. The number of hydrogen-bond donors (Lipinski definition) is 2. The van der Waals surface area contributed by atoms with Gasteiger partial charge in [-0.1, -0.05) is 40.9 Å². The number of ketones is 1. The van der Waals surface area contributed by atoms with Crippen molar-refractivity contribution < 1.29 is 14.7 Å². The number of carbonyl (C=O) groups excluding carboxylic acids is 1. The van der Waals surface area contributed by atoms with Crippen LogP contribution in [-0.2, 0) is 11.2 Å². The number of halogens is 3. The van der Waals surface area contributed by atoms with Crippen LogP contribution in [0.25, 0.3) is 10.9 Å². The van der Waals surface area contributed by atoms with Crippen LogP contribution in [0.15, 0.2) is 36.4 Å². The van der Waals surface area contributed by atoms with Gasteiger partial charge in [0.15, 0.2) is 0 Å². The number of aromatic amines is 1. The molecule has 0 aliphatic heterocycles. The summed E-state index contributed by atoms with van der Waals surface area (Å²) in [7, 11) is 0. The highest BCUT2D eigenvalue weighted by Crippen LogP contribution is 2.29. The zero-order chi connectivity index (χ0) is 17.4. The van der Waals surface area contributed by atoms with Gasteiger partial charge in [-0.25, -0.2) is 0 Å². The predicted molar refractivity (Wildman–Crippen MR) is 94.5 cm³/mol. The topological polar surface area (TPSA) is 70.2 Å². The molecule has 0 fully saturated rings. The number of H-pyrrole nitrogens is 1. The fraction of sp³-hybridized carbons (Fsp3) is 0.0588. The van der Waals surface area contributed by atoms with E-state index < -0.39 is 5.97 Å². The third kappa shape index (κ3) is 3.13. The Morgan fingerprint density at radius 2 is 1.75 bits per heavy atom. The molecule has 3 rings (SSSR count). The maximum atomic E-state index is 12.8. The van der Waals surface area contributed by atoms with Crippen molar-refractivity contribution in [3.63, 3.8) is 0 Å². The van der Waals surface area contributed by atoms with E-state index >= 15 is 0 Å². The van der Waals surface area contributed by atoms with Gasteiger partial charge in [0, 0.05) is 27.1 Å². The molecule has 3 aromatic rings. The molecular weight excluding hydrogens is 373 g/mol. The normalized spacial score (nSPS) is 11.0. The minimum absolute atomic E-state index is 0.202. The molecular formula is C17H10Cl3NO3. The van der Waals surface area contributed by atoms with E-state index in [-0.39, 0.29) is 22.9 Å². The van der Waals surface area contributed by atoms with Crippen LogP contribution in [0.1, 0.15) is 21.6 Å². The Labute approximate surface area is 152 Å². The molecule has 122 valence electrons. The van der Waals surface area contributed by atoms with Gasteiger partial charge in [-0.2, -0.15) is 0 Å². The maximum absolute atomic E-state index is 12.8. The number of benzene rings is 2. The van der Waals surface area contributed by atoms with E-state index in [2.05, 4.69) is 4.98 Å². The van der Waals surface area contributed by atoms with Gasteiger partial charge in [0.05, 0.1) is 22.2 Å². The fourth-order valence-electron chi connectivity index (χ4n) is 2.54. The lowest BCUT2D eigenvalue weighted by atomic mass is 10.0. The SMILES string of the molecule is O=C(O)Cc1c(C(=O)c2ccc(Cl)c(Cl)c2)[nH]c2cc(Cl)ccc12. The molecule has 0 aliphatic rings. The second-order valence-corrected chi connectivity index (χ2v) is 6.45. The third-order valence-electron chi connectivity index (χ3n) is 3.61. The number of fused-ring (bicyclic) bond motifs is 1. The van der Waals surface area contributed by atoms with Crippen LogP contribution in [0.3, 0.4) is 0 Å². The molecule has 2 aromatic carbocycles. The molecule has 0 bridgehead atoms. The largest absolute Gasteiger partial charge is 0.481 e. The van der Waals surface area contributed by atoms with Crippen LogP contribution in [0.2, 0.25) is 15.1 Å². The van der Waals surface area contributed by atoms with E-state index in [1.165, 1.54) is 12.1 Å². The molecule has 0 amide bonds. The van der Waals surface area contributed by atoms with Crippen molar-refractivity contribution in [2.75, 3.05) is 0 Å². The van der Waals surface area contributed by atoms with E-state index in [9.17, 15) is 9.59 Å². The summed E-state index contributed by atoms with van der Waals surface area (Å²) in [6.45, 7) is 0. The maximum Gasteiger partial charge on any atom is 0.307 e. The molecule has 0 atom stereocenters. The number of aromatic nitrogens is 1. The van der Waals surface area contributed by atoms with Crippen molar-refractivity contribution in [1.82, 2.24) is 4.98 Å². The highest BCUT2D eigenvalue weighted by Gasteiger charge is 2.21. The molecule has 1 heterocycles. The van der Waals surface area contributed by atoms with Gasteiger partial charge in [0.25, 0.3) is 0 Å². The summed E-state index contributed by atoms with van der Waals surface area (Å²) in [5, 5.41) is 10.9. The second-order valence-electron chi connectivity index (χ2n) is 5.20. The lowest BCUT2D eigenvalue weighted by Crippen LogP contribution is -2.08. The van der Waals surface area contributed by atoms with E-state index in [0.717, 1.165) is 0 Å². The Morgan fingerprint density at radius 1 is 1.00 bits per heavy atom. The molecule has 0 unspecified atom stereocenters. The summed E-state index contributed by atoms with van der Waals surface area (Å²) in [6, 6.07) is 9.50. The fourth-order valence-corrected chi connectivity index (χ4v) is 3.01. The van der Waals surface area contributed by atoms with Crippen molar-refractivity contribution >= 4 is 57.5 Å². The van der Waals surface area contributed by atoms with Crippen molar-refractivity contribution in [3.8, 4) is 0 Å². The van der Waals surface area contributed by atoms with Crippen molar-refractivity contribution in [3.05, 3.63) is 68.3 Å². The highest BCUT2D eigenvalue weighted by atomic mass is 35.5. The minimum Gasteiger partial charge on any atom is -0.481 e. The number of nitrogens with one attached hydrogen (secondary N) is 1. The molecule has 1 aromatic heterocycles. The number of carboxylic acid groups (broad SMARTS) is 1. The highest BCUT2D eigenvalue weighted by molar-refractivity contribution is 6.42. The number of hydrogen-bond acceptors (Lipinski definition) is 2. The van der Waals surface area contributed by atoms with Crippen LogP contribution in [-0.4, -0.2) is 21.8 Å². The van der Waals surface area contributed by atoms with Gasteiger partial charge in [-0.15, -0.1) is 0 Å². The summed E-state index contributed by atoms with van der Waals surface area (Å²) < 4.78 is 0. The van der Waals surface area contributed by atoms with Gasteiger partial charge in [0.2, 0.25) is 5.78 Å². The Hall–Kier alpha value is -2.01. The van der Waals surface area contributed by atoms with E-state index in [1.54, 1.807) is 24.3 Å². The first-order valence-electron chi connectivity index (χ1n) is 6.88. The van der Waals surface area contributed by atoms with Crippen LogP contribution >= 0.6 is 34.8 Å². The molecule has 0 saturated carbocycles. The van der Waals surface area contributed by atoms with E-state index in [4.69, 9.17) is 39.9 Å². The summed E-state index contributed by atoms with van der Waals surface area (Å²) in [5.74, 6) is -1.40. The number of carboxylic acids is 1.